The molecule has 5 heteroatoms. The first-order chi connectivity index (χ1) is 7.26. The summed E-state index contributed by atoms with van der Waals surface area (Å²) in [6.07, 6.45) is 5.32. The van der Waals surface area contributed by atoms with Crippen LogP contribution < -0.4 is 5.32 Å². The van der Waals surface area contributed by atoms with Crippen LogP contribution >= 0.6 is 0 Å². The fourth-order valence-electron chi connectivity index (χ4n) is 0.934. The summed E-state index contributed by atoms with van der Waals surface area (Å²) in [6, 6.07) is 0. The second-order valence-corrected chi connectivity index (χ2v) is 2.81. The van der Waals surface area contributed by atoms with Crippen molar-refractivity contribution in [2.24, 2.45) is 0 Å². The fraction of sp³-hybridized carbons (Fsp3) is 0.400. The van der Waals surface area contributed by atoms with Crippen molar-refractivity contribution < 1.29 is 13.9 Å². The van der Waals surface area contributed by atoms with Gasteiger partial charge in [0.05, 0.1) is 19.9 Å². The molecule has 0 bridgehead atoms. The minimum absolute atomic E-state index is 0.399. The number of carbonyl (C=O) groups is 1. The third-order valence-electron chi connectivity index (χ3n) is 1.74. The molecule has 1 rings (SSSR count). The number of hydrogen-bond donors (Lipinski definition) is 1. The van der Waals surface area contributed by atoms with Gasteiger partial charge in [0.2, 0.25) is 5.89 Å². The maximum absolute atomic E-state index is 10.7. The third-order valence-corrected chi connectivity index (χ3v) is 1.74. The Morgan fingerprint density at radius 1 is 1.73 bits per heavy atom. The average molecular weight is 210 g/mol. The predicted molar refractivity (Wildman–Crippen MR) is 53.9 cm³/mol. The van der Waals surface area contributed by atoms with Crippen LogP contribution in [0.5, 0.6) is 0 Å². The summed E-state index contributed by atoms with van der Waals surface area (Å²) in [7, 11) is 1.33. The normalized spacial score (nSPS) is 10.5. The van der Waals surface area contributed by atoms with Gasteiger partial charge in [0.15, 0.2) is 0 Å². The van der Waals surface area contributed by atoms with Gasteiger partial charge in [0.25, 0.3) is 0 Å². The van der Waals surface area contributed by atoms with Gasteiger partial charge in [-0.2, -0.15) is 0 Å². The highest BCUT2D eigenvalue weighted by Crippen LogP contribution is 2.03. The lowest BCUT2D eigenvalue weighted by Gasteiger charge is -1.95. The molecule has 0 aliphatic carbocycles. The maximum Gasteiger partial charge on any atom is 0.331 e. The number of methoxy groups -OCH3 is 1. The summed E-state index contributed by atoms with van der Waals surface area (Å²) in [4.78, 5) is 14.7. The summed E-state index contributed by atoms with van der Waals surface area (Å²) in [5, 5.41) is 2.87. The number of aryl methyl sites for hydroxylation is 1. The van der Waals surface area contributed by atoms with E-state index < -0.39 is 5.97 Å². The van der Waals surface area contributed by atoms with Gasteiger partial charge in [-0.05, 0) is 0 Å². The maximum atomic E-state index is 10.7. The molecule has 0 radical (unpaired) electrons. The van der Waals surface area contributed by atoms with E-state index in [0.29, 0.717) is 12.4 Å². The third kappa shape index (κ3) is 3.84. The second kappa shape index (κ2) is 5.85. The lowest BCUT2D eigenvalue weighted by atomic mass is 10.4. The van der Waals surface area contributed by atoms with Crippen LogP contribution in [0.2, 0.25) is 0 Å². The lowest BCUT2D eigenvalue weighted by molar-refractivity contribution is -0.134. The molecular weight excluding hydrogens is 196 g/mol. The van der Waals surface area contributed by atoms with Crippen LogP contribution in [0, 0.1) is 0 Å². The zero-order chi connectivity index (χ0) is 11.1. The molecule has 0 aromatic carbocycles. The van der Waals surface area contributed by atoms with Crippen LogP contribution in [-0.4, -0.2) is 18.1 Å². The van der Waals surface area contributed by atoms with Gasteiger partial charge in [0, 0.05) is 18.7 Å². The van der Waals surface area contributed by atoms with Crippen LogP contribution in [0.4, 0.5) is 0 Å². The van der Waals surface area contributed by atoms with Crippen molar-refractivity contribution in [1.82, 2.24) is 10.3 Å². The Labute approximate surface area is 88.1 Å². The van der Waals surface area contributed by atoms with Crippen molar-refractivity contribution >= 4 is 5.97 Å². The number of hydrogen-bond acceptors (Lipinski definition) is 5. The van der Waals surface area contributed by atoms with E-state index in [-0.39, 0.29) is 0 Å². The van der Waals surface area contributed by atoms with Crippen LogP contribution in [0.3, 0.4) is 0 Å². The summed E-state index contributed by atoms with van der Waals surface area (Å²) in [6.45, 7) is 2.45. The molecule has 0 aliphatic rings. The van der Waals surface area contributed by atoms with Crippen molar-refractivity contribution in [1.29, 1.82) is 0 Å². The number of aromatic nitrogens is 1. The van der Waals surface area contributed by atoms with E-state index in [9.17, 15) is 4.79 Å². The standard InChI is InChI=1S/C10H14N2O3/c1-3-8-6-12-9(15-8)7-11-5-4-10(13)14-2/h4-6,11H,3,7H2,1-2H3/b5-4+. The molecule has 0 saturated carbocycles. The number of nitrogens with zero attached hydrogens (tertiary/aromatic N) is 1. The molecule has 1 N–H and O–H groups in total. The highest BCUT2D eigenvalue weighted by atomic mass is 16.5. The summed E-state index contributed by atoms with van der Waals surface area (Å²) in [5.41, 5.74) is 0. The topological polar surface area (TPSA) is 64.4 Å². The smallest absolute Gasteiger partial charge is 0.331 e. The van der Waals surface area contributed by atoms with Crippen LogP contribution in [0.1, 0.15) is 18.6 Å². The van der Waals surface area contributed by atoms with Gasteiger partial charge in [-0.15, -0.1) is 0 Å². The minimum Gasteiger partial charge on any atom is -0.466 e. The Morgan fingerprint density at radius 2 is 2.53 bits per heavy atom. The van der Waals surface area contributed by atoms with Gasteiger partial charge < -0.3 is 14.5 Å². The van der Waals surface area contributed by atoms with Gasteiger partial charge >= 0.3 is 5.97 Å². The molecule has 0 amide bonds. The quantitative estimate of drug-likeness (QED) is 0.580. The summed E-state index contributed by atoms with van der Waals surface area (Å²) < 4.78 is 9.76. The molecule has 0 saturated heterocycles. The van der Waals surface area contributed by atoms with Crippen molar-refractivity contribution in [3.8, 4) is 0 Å². The van der Waals surface area contributed by atoms with Crippen LogP contribution in [0.15, 0.2) is 22.9 Å². The molecule has 0 atom stereocenters. The molecule has 15 heavy (non-hydrogen) atoms. The average Bonchev–Trinajstić information content (AvgIpc) is 2.72. The zero-order valence-electron chi connectivity index (χ0n) is 8.82. The van der Waals surface area contributed by atoms with E-state index in [4.69, 9.17) is 4.42 Å². The Bertz CT molecular complexity index is 344. The molecule has 82 valence electrons. The highest BCUT2D eigenvalue weighted by Gasteiger charge is 1.99. The number of ether oxygens (including phenoxy) is 1. The summed E-state index contributed by atoms with van der Waals surface area (Å²) >= 11 is 0. The van der Waals surface area contributed by atoms with E-state index >= 15 is 0 Å². The molecule has 5 nitrogen and oxygen atoms in total. The van der Waals surface area contributed by atoms with E-state index in [0.717, 1.165) is 12.2 Å². The lowest BCUT2D eigenvalue weighted by Crippen LogP contribution is -2.06. The van der Waals surface area contributed by atoms with E-state index in [1.807, 2.05) is 6.92 Å². The van der Waals surface area contributed by atoms with Crippen molar-refractivity contribution in [3.63, 3.8) is 0 Å². The molecule has 1 heterocycles. The first-order valence-electron chi connectivity index (χ1n) is 4.67. The van der Waals surface area contributed by atoms with E-state index in [2.05, 4.69) is 15.0 Å². The Hall–Kier alpha value is -1.78. The second-order valence-electron chi connectivity index (χ2n) is 2.81. The SMILES string of the molecule is CCc1cnc(CN/C=C/C(=O)OC)o1. The molecule has 1 aromatic rings. The predicted octanol–water partition coefficient (Wildman–Crippen LogP) is 1.01. The largest absolute Gasteiger partial charge is 0.466 e. The Morgan fingerprint density at radius 3 is 3.13 bits per heavy atom. The Balaban J connectivity index is 2.31. The number of nitrogens with one attached hydrogen (secondary N) is 1. The fourth-order valence-corrected chi connectivity index (χ4v) is 0.934. The van der Waals surface area contributed by atoms with Crippen molar-refractivity contribution in [2.75, 3.05) is 7.11 Å². The summed E-state index contributed by atoms with van der Waals surface area (Å²) in [5.74, 6) is 1.05. The number of rotatable bonds is 5. The van der Waals surface area contributed by atoms with E-state index in [1.165, 1.54) is 19.4 Å². The number of esters is 1. The van der Waals surface area contributed by atoms with Gasteiger partial charge in [-0.1, -0.05) is 6.92 Å². The van der Waals surface area contributed by atoms with Gasteiger partial charge in [0.1, 0.15) is 5.76 Å². The molecule has 0 unspecified atom stereocenters. The molecule has 0 aliphatic heterocycles. The Kier molecular flexibility index (Phi) is 4.40. The molecular formula is C10H14N2O3. The van der Waals surface area contributed by atoms with Gasteiger partial charge in [-0.25, -0.2) is 9.78 Å². The van der Waals surface area contributed by atoms with Crippen LogP contribution in [0.25, 0.3) is 0 Å². The first kappa shape index (κ1) is 11.3. The zero-order valence-corrected chi connectivity index (χ0v) is 8.82. The number of oxazole rings is 1. The van der Waals surface area contributed by atoms with Crippen molar-refractivity contribution in [3.05, 3.63) is 30.1 Å². The number of carbonyl (C=O) groups excluding carboxylic acids is 1. The monoisotopic (exact) mass is 210 g/mol. The van der Waals surface area contributed by atoms with Crippen LogP contribution in [-0.2, 0) is 22.5 Å². The highest BCUT2D eigenvalue weighted by molar-refractivity contribution is 5.81. The minimum atomic E-state index is -0.399. The molecule has 0 spiro atoms. The molecule has 1 aromatic heterocycles. The van der Waals surface area contributed by atoms with Gasteiger partial charge in [-0.3, -0.25) is 0 Å². The van der Waals surface area contributed by atoms with E-state index in [1.54, 1.807) is 6.20 Å². The molecule has 0 fully saturated rings. The first-order valence-corrected chi connectivity index (χ1v) is 4.67. The van der Waals surface area contributed by atoms with Crippen molar-refractivity contribution in [2.45, 2.75) is 19.9 Å².